The Bertz CT molecular complexity index is 626. The van der Waals surface area contributed by atoms with Crippen molar-refractivity contribution < 1.29 is 14.3 Å². The first-order valence-corrected chi connectivity index (χ1v) is 7.88. The third-order valence-corrected chi connectivity index (χ3v) is 3.94. The molecular weight excluding hydrogens is 278 g/mol. The Morgan fingerprint density at radius 1 is 1.32 bits per heavy atom. The van der Waals surface area contributed by atoms with Crippen LogP contribution in [0.25, 0.3) is 5.57 Å². The van der Waals surface area contributed by atoms with E-state index in [0.717, 1.165) is 31.6 Å². The van der Waals surface area contributed by atoms with E-state index in [0.29, 0.717) is 6.54 Å². The van der Waals surface area contributed by atoms with E-state index in [1.807, 2.05) is 20.8 Å². The number of ether oxygens (including phenoxy) is 2. The van der Waals surface area contributed by atoms with Gasteiger partial charge in [0.1, 0.15) is 11.4 Å². The van der Waals surface area contributed by atoms with Gasteiger partial charge in [-0.1, -0.05) is 12.1 Å². The second kappa shape index (κ2) is 5.67. The van der Waals surface area contributed by atoms with E-state index < -0.39 is 5.60 Å². The van der Waals surface area contributed by atoms with Gasteiger partial charge >= 0.3 is 6.09 Å². The number of rotatable bonds is 2. The monoisotopic (exact) mass is 301 g/mol. The van der Waals surface area contributed by atoms with Crippen molar-refractivity contribution in [2.24, 2.45) is 0 Å². The molecule has 118 valence electrons. The number of aryl methyl sites for hydroxylation is 1. The number of fused-ring (bicyclic) bond motifs is 3. The normalized spacial score (nSPS) is 17.9. The number of hydrogen-bond donors (Lipinski definition) is 1. The maximum absolute atomic E-state index is 11.7. The van der Waals surface area contributed by atoms with Crippen LogP contribution in [0.4, 0.5) is 4.79 Å². The molecule has 0 spiro atoms. The van der Waals surface area contributed by atoms with Crippen molar-refractivity contribution in [3.05, 3.63) is 34.9 Å². The average Bonchev–Trinajstić information content (AvgIpc) is 3.01. The number of hydrogen-bond acceptors (Lipinski definition) is 3. The van der Waals surface area contributed by atoms with Crippen LogP contribution in [0.15, 0.2) is 18.2 Å². The van der Waals surface area contributed by atoms with E-state index in [9.17, 15) is 4.79 Å². The lowest BCUT2D eigenvalue weighted by Crippen LogP contribution is -2.32. The number of benzene rings is 1. The number of allylic oxidation sites excluding steroid dienone is 1. The van der Waals surface area contributed by atoms with Gasteiger partial charge in [-0.3, -0.25) is 0 Å². The number of carbonyl (C=O) groups is 1. The first kappa shape index (κ1) is 14.9. The van der Waals surface area contributed by atoms with Crippen molar-refractivity contribution in [2.75, 3.05) is 13.2 Å². The van der Waals surface area contributed by atoms with Crippen molar-refractivity contribution in [2.45, 2.75) is 45.6 Å². The van der Waals surface area contributed by atoms with Gasteiger partial charge in [-0.2, -0.15) is 0 Å². The highest BCUT2D eigenvalue weighted by Crippen LogP contribution is 2.41. The highest BCUT2D eigenvalue weighted by Gasteiger charge is 2.25. The third kappa shape index (κ3) is 3.11. The van der Waals surface area contributed by atoms with Gasteiger partial charge in [0.25, 0.3) is 0 Å². The Morgan fingerprint density at radius 3 is 2.91 bits per heavy atom. The Kier molecular flexibility index (Phi) is 3.85. The van der Waals surface area contributed by atoms with Crippen molar-refractivity contribution in [1.82, 2.24) is 5.32 Å². The van der Waals surface area contributed by atoms with Gasteiger partial charge in [-0.05, 0) is 56.4 Å². The van der Waals surface area contributed by atoms with Crippen LogP contribution in [-0.2, 0) is 17.6 Å². The van der Waals surface area contributed by atoms with Gasteiger partial charge in [0.2, 0.25) is 0 Å². The summed E-state index contributed by atoms with van der Waals surface area (Å²) in [5.74, 6) is 1.02. The minimum atomic E-state index is -0.463. The zero-order chi connectivity index (χ0) is 15.7. The smallest absolute Gasteiger partial charge is 0.407 e. The summed E-state index contributed by atoms with van der Waals surface area (Å²) in [4.78, 5) is 11.7. The van der Waals surface area contributed by atoms with E-state index >= 15 is 0 Å². The second-order valence-corrected chi connectivity index (χ2v) is 6.79. The molecule has 0 atom stereocenters. The Labute approximate surface area is 131 Å². The van der Waals surface area contributed by atoms with Gasteiger partial charge in [0.05, 0.1) is 6.61 Å². The summed E-state index contributed by atoms with van der Waals surface area (Å²) in [5.41, 5.74) is 4.93. The summed E-state index contributed by atoms with van der Waals surface area (Å²) in [5, 5.41) is 2.80. The molecule has 2 aliphatic rings. The summed E-state index contributed by atoms with van der Waals surface area (Å²) in [6.07, 6.45) is 4.82. The van der Waals surface area contributed by atoms with Gasteiger partial charge in [0, 0.05) is 18.5 Å². The molecule has 0 saturated carbocycles. The van der Waals surface area contributed by atoms with Crippen LogP contribution in [0.2, 0.25) is 0 Å². The molecule has 4 nitrogen and oxygen atoms in total. The molecule has 1 aromatic rings. The molecule has 22 heavy (non-hydrogen) atoms. The van der Waals surface area contributed by atoms with Crippen molar-refractivity contribution in [3.8, 4) is 5.75 Å². The van der Waals surface area contributed by atoms with Gasteiger partial charge in [-0.25, -0.2) is 4.79 Å². The van der Waals surface area contributed by atoms with Gasteiger partial charge in [-0.15, -0.1) is 0 Å². The zero-order valence-electron chi connectivity index (χ0n) is 13.5. The summed E-state index contributed by atoms with van der Waals surface area (Å²) in [7, 11) is 0. The number of carbonyl (C=O) groups excluding carboxylic acids is 1. The summed E-state index contributed by atoms with van der Waals surface area (Å²) in [6.45, 7) is 6.86. The predicted molar refractivity (Wildman–Crippen MR) is 86.2 cm³/mol. The standard InChI is InChI=1S/C18H23NO3/c1-18(2,3)22-17(20)19-10-8-13-5-4-12-6-7-15-14(16(12)13)9-11-21-15/h6-8H,4-5,9-11H2,1-3H3,(H,19,20). The predicted octanol–water partition coefficient (Wildman–Crippen LogP) is 3.48. The SMILES string of the molecule is CC(C)(C)OC(=O)NCC=C1CCc2ccc3c(c21)CCO3. The van der Waals surface area contributed by atoms with Gasteiger partial charge < -0.3 is 14.8 Å². The fraction of sp³-hybridized carbons (Fsp3) is 0.500. The molecular formula is C18H23NO3. The first-order valence-electron chi connectivity index (χ1n) is 7.88. The number of amides is 1. The third-order valence-electron chi connectivity index (χ3n) is 3.94. The van der Waals surface area contributed by atoms with Crippen LogP contribution < -0.4 is 10.1 Å². The highest BCUT2D eigenvalue weighted by molar-refractivity contribution is 5.78. The van der Waals surface area contributed by atoms with Crippen LogP contribution in [-0.4, -0.2) is 24.8 Å². The van der Waals surface area contributed by atoms with Gasteiger partial charge in [0.15, 0.2) is 0 Å². The molecule has 1 aromatic carbocycles. The van der Waals surface area contributed by atoms with Crippen LogP contribution in [0.3, 0.4) is 0 Å². The summed E-state index contributed by atoms with van der Waals surface area (Å²) < 4.78 is 10.9. The molecule has 1 N–H and O–H groups in total. The molecule has 1 aliphatic heterocycles. The quantitative estimate of drug-likeness (QED) is 0.910. The molecule has 0 radical (unpaired) electrons. The molecule has 1 amide bonds. The lowest BCUT2D eigenvalue weighted by molar-refractivity contribution is 0.0534. The van der Waals surface area contributed by atoms with E-state index in [4.69, 9.17) is 9.47 Å². The van der Waals surface area contributed by atoms with Crippen LogP contribution in [0, 0.1) is 0 Å². The maximum atomic E-state index is 11.7. The largest absolute Gasteiger partial charge is 0.493 e. The molecule has 4 heteroatoms. The molecule has 0 bridgehead atoms. The van der Waals surface area contributed by atoms with Crippen molar-refractivity contribution >= 4 is 11.7 Å². The first-order chi connectivity index (χ1) is 10.4. The molecule has 0 unspecified atom stereocenters. The molecule has 0 aromatic heterocycles. The Morgan fingerprint density at radius 2 is 2.14 bits per heavy atom. The van der Waals surface area contributed by atoms with E-state index in [2.05, 4.69) is 23.5 Å². The van der Waals surface area contributed by atoms with E-state index in [1.54, 1.807) is 0 Å². The lowest BCUT2D eigenvalue weighted by atomic mass is 9.98. The van der Waals surface area contributed by atoms with E-state index in [1.165, 1.54) is 22.3 Å². The maximum Gasteiger partial charge on any atom is 0.407 e. The zero-order valence-corrected chi connectivity index (χ0v) is 13.5. The van der Waals surface area contributed by atoms with E-state index in [-0.39, 0.29) is 6.09 Å². The van der Waals surface area contributed by atoms with Crippen LogP contribution in [0.1, 0.15) is 43.9 Å². The molecule has 3 rings (SSSR count). The number of alkyl carbamates (subject to hydrolysis) is 1. The fourth-order valence-electron chi connectivity index (χ4n) is 3.10. The Balaban J connectivity index is 1.69. The molecule has 0 fully saturated rings. The topological polar surface area (TPSA) is 47.6 Å². The molecule has 1 aliphatic carbocycles. The highest BCUT2D eigenvalue weighted by atomic mass is 16.6. The summed E-state index contributed by atoms with van der Waals surface area (Å²) >= 11 is 0. The minimum absolute atomic E-state index is 0.371. The average molecular weight is 301 g/mol. The Hall–Kier alpha value is -1.97. The number of nitrogens with one attached hydrogen (secondary N) is 1. The fourth-order valence-corrected chi connectivity index (χ4v) is 3.10. The van der Waals surface area contributed by atoms with Crippen LogP contribution >= 0.6 is 0 Å². The molecule has 1 heterocycles. The molecule has 0 saturated heterocycles. The van der Waals surface area contributed by atoms with Crippen molar-refractivity contribution in [1.29, 1.82) is 0 Å². The van der Waals surface area contributed by atoms with Crippen molar-refractivity contribution in [3.63, 3.8) is 0 Å². The minimum Gasteiger partial charge on any atom is -0.493 e. The lowest BCUT2D eigenvalue weighted by Gasteiger charge is -2.19. The second-order valence-electron chi connectivity index (χ2n) is 6.79. The van der Waals surface area contributed by atoms with Crippen LogP contribution in [0.5, 0.6) is 5.75 Å². The summed E-state index contributed by atoms with van der Waals surface area (Å²) in [6, 6.07) is 4.25.